The molecule has 1 aliphatic carbocycles. The van der Waals surface area contributed by atoms with E-state index in [1.54, 1.807) is 0 Å². The Morgan fingerprint density at radius 3 is 2.15 bits per heavy atom. The lowest BCUT2D eigenvalue weighted by Gasteiger charge is -2.37. The summed E-state index contributed by atoms with van der Waals surface area (Å²) in [5, 5.41) is 0. The monoisotopic (exact) mass is 507 g/mol. The van der Waals surface area contributed by atoms with Crippen LogP contribution in [0.3, 0.4) is 0 Å². The molecular formula is C28H34BrN3O. The Bertz CT molecular complexity index is 1060. The molecule has 1 amide bonds. The standard InChI is InChI=1S/C28H33N3O.BrH/c1-21(2)16-17-30-18-19-31(22(30)3)26-15-14-25(20-26)28(27(29)32,23-10-6-4-7-11-23)24-12-8-5-9-13-24;/h4-13,16,18-19,25-26H,14-15,17,20H2,1-3H3,(H-,29,32);1H/t25-,26+;/m1./s1. The first-order valence-corrected chi connectivity index (χ1v) is 11.6. The van der Waals surface area contributed by atoms with Gasteiger partial charge in [-0.3, -0.25) is 4.79 Å². The first-order valence-electron chi connectivity index (χ1n) is 11.6. The fourth-order valence-corrected chi connectivity index (χ4v) is 5.51. The molecule has 0 radical (unpaired) electrons. The number of amides is 1. The van der Waals surface area contributed by atoms with Crippen LogP contribution < -0.4 is 27.3 Å². The minimum atomic E-state index is -0.823. The Labute approximate surface area is 207 Å². The fourth-order valence-electron chi connectivity index (χ4n) is 5.51. The van der Waals surface area contributed by atoms with Crippen molar-refractivity contribution < 1.29 is 26.3 Å². The fraction of sp³-hybridized carbons (Fsp3) is 0.357. The highest BCUT2D eigenvalue weighted by molar-refractivity contribution is 5.91. The number of rotatable bonds is 7. The summed E-state index contributed by atoms with van der Waals surface area (Å²) >= 11 is 0. The van der Waals surface area contributed by atoms with E-state index in [1.165, 1.54) is 11.4 Å². The molecular weight excluding hydrogens is 474 g/mol. The maximum Gasteiger partial charge on any atom is 0.253 e. The van der Waals surface area contributed by atoms with Crippen LogP contribution in [0.4, 0.5) is 0 Å². The Kier molecular flexibility index (Phi) is 7.96. The summed E-state index contributed by atoms with van der Waals surface area (Å²) in [4.78, 5) is 13.3. The van der Waals surface area contributed by atoms with Crippen molar-refractivity contribution in [1.29, 1.82) is 0 Å². The van der Waals surface area contributed by atoms with Gasteiger partial charge in [0.25, 0.3) is 5.82 Å². The van der Waals surface area contributed by atoms with E-state index in [-0.39, 0.29) is 28.8 Å². The summed E-state index contributed by atoms with van der Waals surface area (Å²) in [5.41, 5.74) is 8.73. The highest BCUT2D eigenvalue weighted by Gasteiger charge is 2.51. The largest absolute Gasteiger partial charge is 1.00 e. The van der Waals surface area contributed by atoms with Gasteiger partial charge < -0.3 is 22.7 Å². The van der Waals surface area contributed by atoms with Crippen molar-refractivity contribution in [2.45, 2.75) is 58.0 Å². The van der Waals surface area contributed by atoms with Crippen molar-refractivity contribution in [3.8, 4) is 0 Å². The Morgan fingerprint density at radius 1 is 1.06 bits per heavy atom. The van der Waals surface area contributed by atoms with E-state index in [0.717, 1.165) is 36.9 Å². The molecule has 0 aliphatic heterocycles. The van der Waals surface area contributed by atoms with Gasteiger partial charge in [-0.2, -0.15) is 0 Å². The van der Waals surface area contributed by atoms with Gasteiger partial charge in [0.15, 0.2) is 0 Å². The third-order valence-corrected chi connectivity index (χ3v) is 7.15. The smallest absolute Gasteiger partial charge is 0.253 e. The molecule has 1 fully saturated rings. The summed E-state index contributed by atoms with van der Waals surface area (Å²) in [5.74, 6) is 1.13. The summed E-state index contributed by atoms with van der Waals surface area (Å²) in [7, 11) is 0. The first-order chi connectivity index (χ1) is 15.4. The number of nitrogens with two attached hydrogens (primary N) is 1. The molecule has 3 aromatic rings. The quantitative estimate of drug-likeness (QED) is 0.385. The molecule has 4 nitrogen and oxygen atoms in total. The van der Waals surface area contributed by atoms with Crippen LogP contribution >= 0.6 is 0 Å². The van der Waals surface area contributed by atoms with E-state index in [2.05, 4.69) is 72.6 Å². The van der Waals surface area contributed by atoms with Crippen molar-refractivity contribution in [1.82, 2.24) is 4.57 Å². The SMILES string of the molecule is CC(C)=CC[n+]1ccn([C@H]2CC[C@@H](C(C(N)=O)(c3ccccc3)c3ccccc3)C2)c1C.[Br-]. The molecule has 0 saturated heterocycles. The van der Waals surface area contributed by atoms with E-state index in [1.807, 2.05) is 36.4 Å². The number of nitrogens with zero attached hydrogens (tertiary/aromatic N) is 2. The lowest BCUT2D eigenvalue weighted by atomic mass is 9.64. The molecule has 2 atom stereocenters. The van der Waals surface area contributed by atoms with Gasteiger partial charge in [-0.05, 0) is 56.2 Å². The highest BCUT2D eigenvalue weighted by atomic mass is 79.9. The number of hydrogen-bond donors (Lipinski definition) is 1. The van der Waals surface area contributed by atoms with Gasteiger partial charge in [0, 0.05) is 6.92 Å². The summed E-state index contributed by atoms with van der Waals surface area (Å²) < 4.78 is 4.68. The van der Waals surface area contributed by atoms with Crippen LogP contribution in [0.1, 0.15) is 56.1 Å². The zero-order valence-electron chi connectivity index (χ0n) is 19.7. The van der Waals surface area contributed by atoms with E-state index in [0.29, 0.717) is 6.04 Å². The van der Waals surface area contributed by atoms with Crippen LogP contribution in [0.25, 0.3) is 0 Å². The Balaban J connectivity index is 0.00000306. The van der Waals surface area contributed by atoms with Gasteiger partial charge in [0.2, 0.25) is 5.91 Å². The topological polar surface area (TPSA) is 51.9 Å². The molecule has 33 heavy (non-hydrogen) atoms. The first kappa shape index (κ1) is 25.0. The molecule has 4 rings (SSSR count). The van der Waals surface area contributed by atoms with Crippen LogP contribution in [0.5, 0.6) is 0 Å². The predicted octanol–water partition coefficient (Wildman–Crippen LogP) is 1.87. The molecule has 174 valence electrons. The predicted molar refractivity (Wildman–Crippen MR) is 128 cm³/mol. The number of benzene rings is 2. The maximum absolute atomic E-state index is 13.3. The zero-order chi connectivity index (χ0) is 22.7. The average molecular weight is 509 g/mol. The molecule has 1 saturated carbocycles. The average Bonchev–Trinajstić information content (AvgIpc) is 3.41. The van der Waals surface area contributed by atoms with Gasteiger partial charge in [-0.25, -0.2) is 9.13 Å². The van der Waals surface area contributed by atoms with Crippen LogP contribution in [0.15, 0.2) is 84.7 Å². The summed E-state index contributed by atoms with van der Waals surface area (Å²) in [6.07, 6.45) is 9.53. The third-order valence-electron chi connectivity index (χ3n) is 7.15. The number of hydrogen-bond acceptors (Lipinski definition) is 1. The second-order valence-electron chi connectivity index (χ2n) is 9.25. The highest BCUT2D eigenvalue weighted by Crippen LogP contribution is 2.49. The maximum atomic E-state index is 13.3. The minimum absolute atomic E-state index is 0. The summed E-state index contributed by atoms with van der Waals surface area (Å²) in [6.45, 7) is 7.33. The van der Waals surface area contributed by atoms with E-state index >= 15 is 0 Å². The van der Waals surface area contributed by atoms with Crippen LogP contribution in [0, 0.1) is 12.8 Å². The number of aromatic nitrogens is 2. The number of carbonyl (C=O) groups excluding carboxylic acids is 1. The van der Waals surface area contributed by atoms with Crippen LogP contribution in [0.2, 0.25) is 0 Å². The van der Waals surface area contributed by atoms with E-state index < -0.39 is 5.41 Å². The van der Waals surface area contributed by atoms with E-state index in [4.69, 9.17) is 5.73 Å². The second kappa shape index (κ2) is 10.5. The van der Waals surface area contributed by atoms with Gasteiger partial charge in [0.1, 0.15) is 30.4 Å². The molecule has 0 bridgehead atoms. The van der Waals surface area contributed by atoms with Crippen molar-refractivity contribution >= 4 is 5.91 Å². The normalized spacial score (nSPS) is 17.9. The molecule has 1 aliphatic rings. The number of imidazole rings is 1. The molecule has 1 heterocycles. The van der Waals surface area contributed by atoms with Gasteiger partial charge in [-0.15, -0.1) is 0 Å². The van der Waals surface area contributed by atoms with Crippen molar-refractivity contribution in [2.75, 3.05) is 0 Å². The van der Waals surface area contributed by atoms with Gasteiger partial charge in [-0.1, -0.05) is 66.2 Å². The van der Waals surface area contributed by atoms with Gasteiger partial charge >= 0.3 is 0 Å². The number of primary amides is 1. The molecule has 2 N–H and O–H groups in total. The molecule has 5 heteroatoms. The van der Waals surface area contributed by atoms with Crippen LogP contribution in [-0.2, 0) is 16.8 Å². The lowest BCUT2D eigenvalue weighted by molar-refractivity contribution is -0.692. The van der Waals surface area contributed by atoms with Crippen molar-refractivity contribution in [3.05, 3.63) is 102 Å². The minimum Gasteiger partial charge on any atom is -1.00 e. The third kappa shape index (κ3) is 4.70. The number of carbonyl (C=O) groups is 1. The molecule has 1 aromatic heterocycles. The van der Waals surface area contributed by atoms with Crippen molar-refractivity contribution in [3.63, 3.8) is 0 Å². The number of allylic oxidation sites excluding steroid dienone is 2. The molecule has 0 spiro atoms. The lowest BCUT2D eigenvalue weighted by Crippen LogP contribution is -3.00. The summed E-state index contributed by atoms with van der Waals surface area (Å²) in [6, 6.07) is 20.6. The Hall–Kier alpha value is -2.66. The van der Waals surface area contributed by atoms with Crippen LogP contribution in [-0.4, -0.2) is 10.5 Å². The van der Waals surface area contributed by atoms with Crippen molar-refractivity contribution in [2.24, 2.45) is 11.7 Å². The van der Waals surface area contributed by atoms with E-state index in [9.17, 15) is 4.79 Å². The number of halogens is 1. The molecule has 2 aromatic carbocycles. The second-order valence-corrected chi connectivity index (χ2v) is 9.25. The molecule has 0 unspecified atom stereocenters. The zero-order valence-corrected chi connectivity index (χ0v) is 21.3. The Morgan fingerprint density at radius 2 is 1.64 bits per heavy atom. The van der Waals surface area contributed by atoms with Gasteiger partial charge in [0.05, 0.1) is 0 Å².